The highest BCUT2D eigenvalue weighted by atomic mass is 15.1. The normalized spacial score (nSPS) is 14.8. The van der Waals surface area contributed by atoms with E-state index in [9.17, 15) is 0 Å². The fraction of sp³-hybridized carbons (Fsp3) is 0.203. The fourth-order valence-corrected chi connectivity index (χ4v) is 12.7. The van der Waals surface area contributed by atoms with E-state index in [1.807, 2.05) is 0 Å². The Morgan fingerprint density at radius 3 is 1.99 bits per heavy atom. The van der Waals surface area contributed by atoms with Gasteiger partial charge in [-0.05, 0) is 200 Å². The van der Waals surface area contributed by atoms with Gasteiger partial charge in [-0.15, -0.1) is 0 Å². The average molecular weight is 985 g/mol. The predicted octanol–water partition coefficient (Wildman–Crippen LogP) is 21.0. The van der Waals surface area contributed by atoms with Gasteiger partial charge in [0, 0.05) is 11.3 Å². The molecule has 0 saturated carbocycles. The van der Waals surface area contributed by atoms with Crippen LogP contribution in [-0.4, -0.2) is 9.55 Å². The Bertz CT molecular complexity index is 3910. The number of hydrogen-bond acceptors (Lipinski definition) is 1. The summed E-state index contributed by atoms with van der Waals surface area (Å²) < 4.78 is 2.39. The zero-order valence-electron chi connectivity index (χ0n) is 44.8. The second-order valence-electron chi connectivity index (χ2n) is 21.0. The molecule has 0 fully saturated rings. The van der Waals surface area contributed by atoms with E-state index in [4.69, 9.17) is 4.98 Å². The molecule has 0 bridgehead atoms. The summed E-state index contributed by atoms with van der Waals surface area (Å²) in [5, 5.41) is 7.72. The molecule has 2 heteroatoms. The molecule has 1 heterocycles. The lowest BCUT2D eigenvalue weighted by atomic mass is 9.78. The summed E-state index contributed by atoms with van der Waals surface area (Å²) in [6.07, 6.45) is 37.9. The smallest absolute Gasteiger partial charge is 0.145 e. The topological polar surface area (TPSA) is 17.8 Å². The van der Waals surface area contributed by atoms with Gasteiger partial charge in [0.05, 0.1) is 11.4 Å². The molecule has 1 unspecified atom stereocenters. The van der Waals surface area contributed by atoms with Crippen LogP contribution in [0.1, 0.15) is 119 Å². The van der Waals surface area contributed by atoms with Gasteiger partial charge in [0.2, 0.25) is 0 Å². The van der Waals surface area contributed by atoms with Crippen molar-refractivity contribution in [3.05, 3.63) is 234 Å². The molecule has 0 aliphatic heterocycles. The van der Waals surface area contributed by atoms with Crippen LogP contribution < -0.4 is 0 Å². The molecular weight excluding hydrogens is 917 g/mol. The van der Waals surface area contributed by atoms with E-state index >= 15 is 0 Å². The van der Waals surface area contributed by atoms with Crippen LogP contribution in [0.15, 0.2) is 200 Å². The van der Waals surface area contributed by atoms with Crippen molar-refractivity contribution in [1.29, 1.82) is 0 Å². The standard InChI is InChI=1S/C74H68N2/c1-5-8-10-12-27-50(4)56-31-15-17-33-58(56)72-64-39-23-24-40-65(64)73(59-34-18-16-32-57(59)51(7-3)28-9-6-2)67-49-54(47-48-66(67)72)71-62-37-21-19-35-60(62)70(61-36-20-22-38-63(61)71)52-43-45-53(46-44-52)74-75-68-41-25-26-42-69(68)76(74)55-29-13-11-14-30-55/h6,8-10,13,15-21,23-24,26,28-37,39-40,42-50H,5,7,11-12,14,22,25,27,38,41H2,1-4H3/b9-6-,10-8-,51-28+. The van der Waals surface area contributed by atoms with Crippen LogP contribution in [0.4, 0.5) is 0 Å². The SMILES string of the molecule is C/C=C\C=C(/CC)c1ccccc1-c1c2ccccc2c(-c2ccccc2C(C)CC/C=C\CC)c2ccc(-c3c4c(c(-c5ccc(-c6nc7c(n6C6=CCCC=C6)C=CCC7)cc5)c5ccccc35)C=CCC4)cc12. The first-order valence-corrected chi connectivity index (χ1v) is 28.2. The van der Waals surface area contributed by atoms with E-state index in [0.717, 1.165) is 75.6 Å². The molecule has 0 amide bonds. The Balaban J connectivity index is 1.08. The van der Waals surface area contributed by atoms with E-state index in [-0.39, 0.29) is 0 Å². The first-order valence-electron chi connectivity index (χ1n) is 28.2. The first kappa shape index (κ1) is 48.8. The minimum Gasteiger partial charge on any atom is -0.293 e. The van der Waals surface area contributed by atoms with Crippen LogP contribution in [0.2, 0.25) is 0 Å². The predicted molar refractivity (Wildman–Crippen MR) is 329 cm³/mol. The second kappa shape index (κ2) is 21.6. The van der Waals surface area contributed by atoms with Crippen molar-refractivity contribution < 1.29 is 0 Å². The van der Waals surface area contributed by atoms with Gasteiger partial charge in [0.1, 0.15) is 5.82 Å². The average Bonchev–Trinajstić information content (AvgIpc) is 4.00. The molecule has 2 nitrogen and oxygen atoms in total. The molecule has 0 spiro atoms. The van der Waals surface area contributed by atoms with Crippen LogP contribution in [0.25, 0.3) is 112 Å². The quantitative estimate of drug-likeness (QED) is 0.0603. The number of nitrogens with zero attached hydrogens (tertiary/aromatic N) is 2. The summed E-state index contributed by atoms with van der Waals surface area (Å²) >= 11 is 0. The molecule has 12 rings (SSSR count). The van der Waals surface area contributed by atoms with Gasteiger partial charge in [0.15, 0.2) is 0 Å². The Labute approximate surface area is 450 Å². The summed E-state index contributed by atoms with van der Waals surface area (Å²) in [5.41, 5.74) is 21.9. The number of rotatable bonds is 14. The molecule has 0 N–H and O–H groups in total. The Hall–Kier alpha value is -8.07. The van der Waals surface area contributed by atoms with E-state index in [2.05, 4.69) is 245 Å². The lowest BCUT2D eigenvalue weighted by Crippen LogP contribution is -2.04. The lowest BCUT2D eigenvalue weighted by molar-refractivity contribution is 0.691. The molecule has 76 heavy (non-hydrogen) atoms. The van der Waals surface area contributed by atoms with Gasteiger partial charge in [0.25, 0.3) is 0 Å². The minimum atomic E-state index is 0.387. The minimum absolute atomic E-state index is 0.387. The van der Waals surface area contributed by atoms with Crippen LogP contribution in [0.5, 0.6) is 0 Å². The highest BCUT2D eigenvalue weighted by Gasteiger charge is 2.27. The zero-order valence-corrected chi connectivity index (χ0v) is 44.8. The number of aromatic nitrogens is 2. The third kappa shape index (κ3) is 8.88. The van der Waals surface area contributed by atoms with Crippen molar-refractivity contribution in [2.75, 3.05) is 0 Å². The Kier molecular flexibility index (Phi) is 13.9. The molecule has 8 aromatic carbocycles. The van der Waals surface area contributed by atoms with Gasteiger partial charge in [-0.25, -0.2) is 4.98 Å². The number of aryl methyl sites for hydroxylation is 1. The summed E-state index contributed by atoms with van der Waals surface area (Å²) in [7, 11) is 0. The maximum Gasteiger partial charge on any atom is 0.145 e. The van der Waals surface area contributed by atoms with Gasteiger partial charge in [-0.2, -0.15) is 0 Å². The van der Waals surface area contributed by atoms with Crippen molar-refractivity contribution >= 4 is 55.7 Å². The Morgan fingerprint density at radius 1 is 0.592 bits per heavy atom. The highest BCUT2D eigenvalue weighted by molar-refractivity contribution is 6.23. The maximum absolute atomic E-state index is 5.33. The third-order valence-electron chi connectivity index (χ3n) is 16.3. The van der Waals surface area contributed by atoms with Crippen LogP contribution in [0, 0.1) is 0 Å². The van der Waals surface area contributed by atoms with Crippen molar-refractivity contribution in [3.8, 4) is 55.9 Å². The number of benzene rings is 8. The molecule has 374 valence electrons. The molecule has 3 aliphatic carbocycles. The van der Waals surface area contributed by atoms with Crippen molar-refractivity contribution in [3.63, 3.8) is 0 Å². The van der Waals surface area contributed by atoms with E-state index < -0.39 is 0 Å². The second-order valence-corrected chi connectivity index (χ2v) is 21.0. The summed E-state index contributed by atoms with van der Waals surface area (Å²) in [4.78, 5) is 5.33. The van der Waals surface area contributed by atoms with E-state index in [1.54, 1.807) is 0 Å². The van der Waals surface area contributed by atoms with Crippen LogP contribution in [0.3, 0.4) is 0 Å². The Morgan fingerprint density at radius 2 is 1.24 bits per heavy atom. The maximum atomic E-state index is 5.33. The molecule has 3 aliphatic rings. The fourth-order valence-electron chi connectivity index (χ4n) is 12.7. The number of fused-ring (bicyclic) bond motifs is 5. The van der Waals surface area contributed by atoms with Gasteiger partial charge in [-0.1, -0.05) is 215 Å². The van der Waals surface area contributed by atoms with Crippen LogP contribution >= 0.6 is 0 Å². The lowest BCUT2D eigenvalue weighted by Gasteiger charge is -2.25. The van der Waals surface area contributed by atoms with E-state index in [1.165, 1.54) is 122 Å². The summed E-state index contributed by atoms with van der Waals surface area (Å²) in [5.74, 6) is 1.41. The van der Waals surface area contributed by atoms with Gasteiger partial charge < -0.3 is 0 Å². The van der Waals surface area contributed by atoms with Crippen molar-refractivity contribution in [2.45, 2.75) is 97.8 Å². The highest BCUT2D eigenvalue weighted by Crippen LogP contribution is 2.51. The summed E-state index contributed by atoms with van der Waals surface area (Å²) in [6, 6.07) is 53.6. The number of imidazole rings is 1. The molecule has 0 saturated heterocycles. The van der Waals surface area contributed by atoms with Gasteiger partial charge >= 0.3 is 0 Å². The van der Waals surface area contributed by atoms with Crippen LogP contribution in [-0.2, 0) is 12.8 Å². The zero-order chi connectivity index (χ0) is 51.5. The van der Waals surface area contributed by atoms with Crippen molar-refractivity contribution in [2.24, 2.45) is 0 Å². The van der Waals surface area contributed by atoms with Crippen molar-refractivity contribution in [1.82, 2.24) is 9.55 Å². The first-order chi connectivity index (χ1) is 37.6. The monoisotopic (exact) mass is 985 g/mol. The third-order valence-corrected chi connectivity index (χ3v) is 16.3. The van der Waals surface area contributed by atoms with E-state index in [0.29, 0.717) is 5.92 Å². The number of hydrogen-bond donors (Lipinski definition) is 0. The molecule has 1 aromatic heterocycles. The molecule has 9 aromatic rings. The number of allylic oxidation sites excluding steroid dienone is 12. The molecular formula is C74H68N2. The largest absolute Gasteiger partial charge is 0.293 e. The van der Waals surface area contributed by atoms with Gasteiger partial charge in [-0.3, -0.25) is 4.57 Å². The molecule has 1 atom stereocenters. The molecule has 0 radical (unpaired) electrons. The summed E-state index contributed by atoms with van der Waals surface area (Å²) in [6.45, 7) is 9.03.